The van der Waals surface area contributed by atoms with Crippen LogP contribution < -0.4 is 11.1 Å². The highest BCUT2D eigenvalue weighted by Gasteiger charge is 2.38. The average molecular weight is 765 g/mol. The van der Waals surface area contributed by atoms with Gasteiger partial charge in [0.15, 0.2) is 0 Å². The van der Waals surface area contributed by atoms with Gasteiger partial charge in [0.05, 0.1) is 36.8 Å². The van der Waals surface area contributed by atoms with Gasteiger partial charge in [-0.15, -0.1) is 0 Å². The predicted octanol–water partition coefficient (Wildman–Crippen LogP) is 7.69. The third kappa shape index (κ3) is 7.65. The molecule has 4 heterocycles. The van der Waals surface area contributed by atoms with E-state index in [4.69, 9.17) is 20.4 Å². The summed E-state index contributed by atoms with van der Waals surface area (Å²) in [7, 11) is 1.30. The Hall–Kier alpha value is -6.27. The first-order valence-corrected chi connectivity index (χ1v) is 19.7. The maximum Gasteiger partial charge on any atom is 0.407 e. The van der Waals surface area contributed by atoms with Crippen LogP contribution in [0.4, 0.5) is 4.79 Å². The topological polar surface area (TPSA) is 162 Å². The molecule has 12 nitrogen and oxygen atoms in total. The lowest BCUT2D eigenvalue weighted by molar-refractivity contribution is -0.135. The zero-order chi connectivity index (χ0) is 39.6. The molecule has 2 saturated heterocycles. The van der Waals surface area contributed by atoms with E-state index < -0.39 is 18.2 Å². The number of imidazole rings is 2. The second-order valence-electron chi connectivity index (χ2n) is 15.3. The molecular formula is C45H48N8O4. The third-order valence-electron chi connectivity index (χ3n) is 11.4. The van der Waals surface area contributed by atoms with Crippen LogP contribution in [0.25, 0.3) is 44.4 Å². The number of aromatic nitrogens is 4. The summed E-state index contributed by atoms with van der Waals surface area (Å²) in [6.07, 6.45) is 6.51. The van der Waals surface area contributed by atoms with Crippen molar-refractivity contribution in [1.82, 2.24) is 35.1 Å². The van der Waals surface area contributed by atoms with E-state index in [0.717, 1.165) is 87.3 Å². The molecule has 0 aliphatic carbocycles. The van der Waals surface area contributed by atoms with E-state index in [2.05, 4.69) is 75.9 Å². The van der Waals surface area contributed by atoms with Crippen molar-refractivity contribution in [1.29, 1.82) is 0 Å². The van der Waals surface area contributed by atoms with Crippen LogP contribution in [-0.2, 0) is 14.3 Å². The van der Waals surface area contributed by atoms with Crippen LogP contribution in [0.15, 0.2) is 103 Å². The summed E-state index contributed by atoms with van der Waals surface area (Å²) in [4.78, 5) is 59.1. The Morgan fingerprint density at radius 1 is 0.789 bits per heavy atom. The molecule has 8 rings (SSSR count). The predicted molar refractivity (Wildman–Crippen MR) is 219 cm³/mol. The number of rotatable bonds is 10. The molecule has 0 spiro atoms. The zero-order valence-electron chi connectivity index (χ0n) is 32.4. The number of likely N-dealkylation sites (tertiary alicyclic amines) is 2. The lowest BCUT2D eigenvalue weighted by atomic mass is 9.98. The van der Waals surface area contributed by atoms with Gasteiger partial charge in [-0.1, -0.05) is 92.7 Å². The number of nitrogens with zero attached hydrogens (tertiary/aromatic N) is 4. The fourth-order valence-electron chi connectivity index (χ4n) is 8.22. The molecule has 6 aromatic rings. The number of amides is 3. The molecule has 2 aromatic heterocycles. The molecule has 292 valence electrons. The van der Waals surface area contributed by atoms with Gasteiger partial charge in [0.2, 0.25) is 11.8 Å². The fourth-order valence-corrected chi connectivity index (χ4v) is 8.22. The molecule has 2 fully saturated rings. The summed E-state index contributed by atoms with van der Waals surface area (Å²) in [5.74, 6) is 1.20. The number of carbonyl (C=O) groups is 3. The van der Waals surface area contributed by atoms with Crippen LogP contribution >= 0.6 is 0 Å². The summed E-state index contributed by atoms with van der Waals surface area (Å²) in [5.41, 5.74) is 13.1. The zero-order valence-corrected chi connectivity index (χ0v) is 32.4. The van der Waals surface area contributed by atoms with Gasteiger partial charge in [0, 0.05) is 24.8 Å². The standard InChI is InChI=1S/C45H48N8O4/c1-27(2)40(51-45(56)57-3)44(55)53-22-8-12-38(53)42-47-25-35(49-42)29-15-13-28(14-16-29)31-17-18-33-24-34(20-19-32(33)23-31)36-26-48-41(50-36)37-11-7-21-52(37)43(54)39(46)30-9-5-4-6-10-30/h4-6,9-10,13-20,23-27,37-40H,7-8,11-12,21-22,46H2,1-3H3,(H,47,49)(H,48,50)(H,51,56)/t37-,38-,39+,40-/m0/s1. The molecule has 5 N–H and O–H groups in total. The number of H-pyrrole nitrogens is 2. The molecule has 57 heavy (non-hydrogen) atoms. The number of hydrogen-bond acceptors (Lipinski definition) is 7. The summed E-state index contributed by atoms with van der Waals surface area (Å²) in [5, 5.41) is 4.93. The number of alkyl carbamates (subject to hydrolysis) is 1. The van der Waals surface area contributed by atoms with Gasteiger partial charge in [0.25, 0.3) is 0 Å². The lowest BCUT2D eigenvalue weighted by Gasteiger charge is -2.30. The van der Waals surface area contributed by atoms with E-state index in [9.17, 15) is 14.4 Å². The van der Waals surface area contributed by atoms with Gasteiger partial charge in [-0.25, -0.2) is 14.8 Å². The minimum absolute atomic E-state index is 0.0814. The Morgan fingerprint density at radius 2 is 1.40 bits per heavy atom. The van der Waals surface area contributed by atoms with Crippen molar-refractivity contribution in [2.45, 2.75) is 63.7 Å². The van der Waals surface area contributed by atoms with Crippen LogP contribution in [0.2, 0.25) is 0 Å². The van der Waals surface area contributed by atoms with E-state index in [1.807, 2.05) is 66.4 Å². The molecule has 0 bridgehead atoms. The van der Waals surface area contributed by atoms with E-state index in [0.29, 0.717) is 13.1 Å². The maximum atomic E-state index is 13.6. The number of ether oxygens (including phenoxy) is 1. The van der Waals surface area contributed by atoms with Crippen LogP contribution in [0.5, 0.6) is 0 Å². The van der Waals surface area contributed by atoms with E-state index in [-0.39, 0.29) is 29.8 Å². The van der Waals surface area contributed by atoms with Crippen molar-refractivity contribution < 1.29 is 19.1 Å². The van der Waals surface area contributed by atoms with E-state index in [1.54, 1.807) is 0 Å². The van der Waals surface area contributed by atoms with Gasteiger partial charge < -0.3 is 35.6 Å². The number of nitrogens with one attached hydrogen (secondary N) is 3. The summed E-state index contributed by atoms with van der Waals surface area (Å²) >= 11 is 0. The van der Waals surface area contributed by atoms with Crippen molar-refractivity contribution in [3.63, 3.8) is 0 Å². The minimum Gasteiger partial charge on any atom is -0.453 e. The highest BCUT2D eigenvalue weighted by Crippen LogP contribution is 2.36. The first-order valence-electron chi connectivity index (χ1n) is 19.7. The number of aromatic amines is 2. The smallest absolute Gasteiger partial charge is 0.407 e. The van der Waals surface area contributed by atoms with Gasteiger partial charge >= 0.3 is 6.09 Å². The second kappa shape index (κ2) is 16.1. The Bertz CT molecular complexity index is 2390. The van der Waals surface area contributed by atoms with Crippen molar-refractivity contribution in [2.75, 3.05) is 20.2 Å². The van der Waals surface area contributed by atoms with E-state index in [1.165, 1.54) is 7.11 Å². The van der Waals surface area contributed by atoms with Crippen LogP contribution in [0, 0.1) is 5.92 Å². The van der Waals surface area contributed by atoms with Crippen molar-refractivity contribution >= 4 is 28.7 Å². The Balaban J connectivity index is 0.939. The van der Waals surface area contributed by atoms with Crippen LogP contribution in [0.3, 0.4) is 0 Å². The van der Waals surface area contributed by atoms with Crippen molar-refractivity contribution in [3.8, 4) is 33.6 Å². The lowest BCUT2D eigenvalue weighted by Crippen LogP contribution is -2.51. The van der Waals surface area contributed by atoms with Gasteiger partial charge in [-0.3, -0.25) is 9.59 Å². The first-order chi connectivity index (χ1) is 27.7. The summed E-state index contributed by atoms with van der Waals surface area (Å²) < 4.78 is 4.76. The van der Waals surface area contributed by atoms with Gasteiger partial charge in [0.1, 0.15) is 23.7 Å². The van der Waals surface area contributed by atoms with Crippen LogP contribution in [0.1, 0.15) is 74.9 Å². The average Bonchev–Trinajstić information content (AvgIpc) is 4.09. The highest BCUT2D eigenvalue weighted by atomic mass is 16.5. The SMILES string of the molecule is COC(=O)N[C@H](C(=O)N1CCC[C@H]1c1ncc(-c2ccc(-c3ccc4cc(-c5c[nH]c([C@@H]6CCCN6C(=O)[C@H](N)c6ccccc6)n5)ccc4c3)cc2)[nH]1)C(C)C. The normalized spacial score (nSPS) is 17.9. The Labute approximate surface area is 331 Å². The second-order valence-corrected chi connectivity index (χ2v) is 15.3. The van der Waals surface area contributed by atoms with Crippen molar-refractivity contribution in [3.05, 3.63) is 121 Å². The molecule has 2 aliphatic heterocycles. The molecular weight excluding hydrogens is 717 g/mol. The molecule has 0 unspecified atom stereocenters. The molecule has 0 saturated carbocycles. The highest BCUT2D eigenvalue weighted by molar-refractivity contribution is 5.91. The largest absolute Gasteiger partial charge is 0.453 e. The van der Waals surface area contributed by atoms with Crippen LogP contribution in [-0.4, -0.2) is 73.9 Å². The maximum absolute atomic E-state index is 13.6. The van der Waals surface area contributed by atoms with Gasteiger partial charge in [-0.2, -0.15) is 0 Å². The fraction of sp³-hybridized carbons (Fsp3) is 0.311. The number of hydrogen-bond donors (Lipinski definition) is 4. The number of methoxy groups -OCH3 is 1. The molecule has 12 heteroatoms. The summed E-state index contributed by atoms with van der Waals surface area (Å²) in [6, 6.07) is 29.0. The number of carbonyl (C=O) groups excluding carboxylic acids is 3. The molecule has 3 amide bonds. The molecule has 4 aromatic carbocycles. The Kier molecular flexibility index (Phi) is 10.6. The Morgan fingerprint density at radius 3 is 2.09 bits per heavy atom. The van der Waals surface area contributed by atoms with Crippen molar-refractivity contribution in [2.24, 2.45) is 11.7 Å². The van der Waals surface area contributed by atoms with E-state index >= 15 is 0 Å². The minimum atomic E-state index is -0.703. The monoisotopic (exact) mass is 764 g/mol. The molecule has 0 radical (unpaired) electrons. The summed E-state index contributed by atoms with van der Waals surface area (Å²) in [6.45, 7) is 5.08. The molecule has 2 aliphatic rings. The third-order valence-corrected chi connectivity index (χ3v) is 11.4. The van der Waals surface area contributed by atoms with Gasteiger partial charge in [-0.05, 0) is 76.8 Å². The first kappa shape index (κ1) is 37.6. The molecule has 4 atom stereocenters. The number of benzene rings is 4. The number of nitrogens with two attached hydrogens (primary N) is 1. The quantitative estimate of drug-likeness (QED) is 0.111. The number of fused-ring (bicyclic) bond motifs is 1.